The summed E-state index contributed by atoms with van der Waals surface area (Å²) in [6.07, 6.45) is 1.85. The first-order valence-electron chi connectivity index (χ1n) is 19.2. The Bertz CT molecular complexity index is 2340. The van der Waals surface area contributed by atoms with E-state index >= 15 is 0 Å². The second kappa shape index (κ2) is 17.6. The van der Waals surface area contributed by atoms with E-state index in [4.69, 9.17) is 19.3 Å². The van der Waals surface area contributed by atoms with Crippen molar-refractivity contribution in [1.29, 1.82) is 0 Å². The molecule has 7 rings (SSSR count). The average Bonchev–Trinajstić information content (AvgIpc) is 3.69. The van der Waals surface area contributed by atoms with Crippen LogP contribution in [0.1, 0.15) is 51.1 Å². The Hall–Kier alpha value is -5.47. The van der Waals surface area contributed by atoms with Crippen LogP contribution in [-0.4, -0.2) is 94.6 Å². The van der Waals surface area contributed by atoms with Gasteiger partial charge in [-0.1, -0.05) is 60.7 Å². The standard InChI is InChI=1S/C43H48BN5O7/c1-4-54-43(51)42-35(15-9-25-55-39-16-7-11-30-10-5-6-12-33(30)39)34-13-8-14-36(41(34)49(42)24-23-48-21-19-45-20-22-48)40-29(2)46-47(3)38(40)28-56-32-17-18-37(44(52)53)31(26-32)27-50/h5-8,10-14,16-18,26-27,45,52-53H,4,9,15,19-25,28H2,1-3H3. The van der Waals surface area contributed by atoms with Gasteiger partial charge in [0.25, 0.3) is 0 Å². The van der Waals surface area contributed by atoms with Crippen molar-refractivity contribution >= 4 is 46.5 Å². The van der Waals surface area contributed by atoms with Crippen LogP contribution in [-0.2, 0) is 31.4 Å². The van der Waals surface area contributed by atoms with Crippen LogP contribution < -0.4 is 20.3 Å². The van der Waals surface area contributed by atoms with Crippen molar-refractivity contribution in [2.75, 3.05) is 45.9 Å². The molecule has 1 saturated heterocycles. The van der Waals surface area contributed by atoms with Crippen LogP contribution in [0.15, 0.2) is 78.9 Å². The molecule has 0 unspecified atom stereocenters. The fourth-order valence-corrected chi connectivity index (χ4v) is 7.87. The van der Waals surface area contributed by atoms with E-state index in [1.807, 2.05) is 51.2 Å². The van der Waals surface area contributed by atoms with Crippen molar-refractivity contribution in [3.05, 3.63) is 107 Å². The van der Waals surface area contributed by atoms with Crippen LogP contribution in [0.2, 0.25) is 0 Å². The first-order chi connectivity index (χ1) is 27.3. The summed E-state index contributed by atoms with van der Waals surface area (Å²) < 4.78 is 22.3. The van der Waals surface area contributed by atoms with Gasteiger partial charge >= 0.3 is 13.1 Å². The number of hydrogen-bond acceptors (Lipinski definition) is 10. The molecule has 4 aromatic carbocycles. The smallest absolute Gasteiger partial charge is 0.489 e. The molecule has 3 N–H and O–H groups in total. The van der Waals surface area contributed by atoms with Gasteiger partial charge in [0.2, 0.25) is 0 Å². The number of para-hydroxylation sites is 1. The number of rotatable bonds is 16. The molecule has 2 aromatic heterocycles. The second-order valence-corrected chi connectivity index (χ2v) is 14.0. The van der Waals surface area contributed by atoms with Gasteiger partial charge in [0, 0.05) is 73.8 Å². The van der Waals surface area contributed by atoms with Crippen molar-refractivity contribution in [3.8, 4) is 22.6 Å². The zero-order chi connectivity index (χ0) is 39.2. The molecule has 0 radical (unpaired) electrons. The Morgan fingerprint density at radius 3 is 2.52 bits per heavy atom. The summed E-state index contributed by atoms with van der Waals surface area (Å²) in [5.41, 5.74) is 6.04. The maximum atomic E-state index is 14.1. The lowest BCUT2D eigenvalue weighted by Crippen LogP contribution is -2.44. The van der Waals surface area contributed by atoms with E-state index in [0.717, 1.165) is 88.2 Å². The largest absolute Gasteiger partial charge is 0.493 e. The monoisotopic (exact) mass is 757 g/mol. The van der Waals surface area contributed by atoms with Crippen molar-refractivity contribution < 1.29 is 33.8 Å². The maximum Gasteiger partial charge on any atom is 0.489 e. The Kier molecular flexibility index (Phi) is 12.2. The number of fused-ring (bicyclic) bond motifs is 2. The van der Waals surface area contributed by atoms with Gasteiger partial charge < -0.3 is 34.1 Å². The lowest BCUT2D eigenvalue weighted by atomic mass is 9.77. The molecular formula is C43H48BN5O7. The molecule has 290 valence electrons. The highest BCUT2D eigenvalue weighted by molar-refractivity contribution is 6.60. The van der Waals surface area contributed by atoms with E-state index in [9.17, 15) is 19.6 Å². The quantitative estimate of drug-likeness (QED) is 0.0553. The molecule has 13 heteroatoms. The minimum Gasteiger partial charge on any atom is -0.493 e. The van der Waals surface area contributed by atoms with Gasteiger partial charge in [0.05, 0.1) is 30.1 Å². The van der Waals surface area contributed by atoms with Crippen molar-refractivity contribution in [3.63, 3.8) is 0 Å². The highest BCUT2D eigenvalue weighted by Gasteiger charge is 2.28. The Morgan fingerprint density at radius 2 is 1.73 bits per heavy atom. The van der Waals surface area contributed by atoms with Crippen LogP contribution in [0.25, 0.3) is 32.8 Å². The molecule has 0 spiro atoms. The number of piperazine rings is 1. The van der Waals surface area contributed by atoms with Crippen LogP contribution in [0.5, 0.6) is 11.5 Å². The highest BCUT2D eigenvalue weighted by Crippen LogP contribution is 2.39. The van der Waals surface area contributed by atoms with Crippen LogP contribution in [0.3, 0.4) is 0 Å². The van der Waals surface area contributed by atoms with Crippen molar-refractivity contribution in [2.24, 2.45) is 7.05 Å². The number of carbonyl (C=O) groups excluding carboxylic acids is 2. The summed E-state index contributed by atoms with van der Waals surface area (Å²) in [4.78, 5) is 28.2. The third-order valence-electron chi connectivity index (χ3n) is 10.5. The van der Waals surface area contributed by atoms with E-state index < -0.39 is 7.12 Å². The van der Waals surface area contributed by atoms with E-state index in [0.29, 0.717) is 43.7 Å². The summed E-state index contributed by atoms with van der Waals surface area (Å²) in [7, 11) is 0.0895. The number of nitrogens with zero attached hydrogens (tertiary/aromatic N) is 4. The number of benzene rings is 4. The predicted octanol–water partition coefficient (Wildman–Crippen LogP) is 4.67. The molecular weight excluding hydrogens is 709 g/mol. The van der Waals surface area contributed by atoms with Gasteiger partial charge in [-0.05, 0) is 61.3 Å². The lowest BCUT2D eigenvalue weighted by molar-refractivity contribution is 0.0511. The minimum atomic E-state index is -1.78. The minimum absolute atomic E-state index is 0.103. The van der Waals surface area contributed by atoms with E-state index in [2.05, 4.69) is 45.1 Å². The number of carbonyl (C=O) groups is 2. The van der Waals surface area contributed by atoms with E-state index in [1.54, 1.807) is 10.7 Å². The molecule has 0 amide bonds. The predicted molar refractivity (Wildman–Crippen MR) is 218 cm³/mol. The summed E-state index contributed by atoms with van der Waals surface area (Å²) in [5, 5.41) is 30.8. The number of hydrogen-bond donors (Lipinski definition) is 3. The number of ether oxygens (including phenoxy) is 3. The van der Waals surface area contributed by atoms with E-state index in [1.165, 1.54) is 12.1 Å². The van der Waals surface area contributed by atoms with Gasteiger partial charge in [0.15, 0.2) is 0 Å². The summed E-state index contributed by atoms with van der Waals surface area (Å²) in [6.45, 7) is 9.65. The van der Waals surface area contributed by atoms with Gasteiger partial charge in [-0.25, -0.2) is 4.79 Å². The van der Waals surface area contributed by atoms with Crippen molar-refractivity contribution in [1.82, 2.24) is 24.6 Å². The second-order valence-electron chi connectivity index (χ2n) is 14.0. The number of aldehydes is 1. The average molecular weight is 758 g/mol. The normalized spacial score (nSPS) is 13.3. The Labute approximate surface area is 326 Å². The summed E-state index contributed by atoms with van der Waals surface area (Å²) in [5.74, 6) is 0.880. The van der Waals surface area contributed by atoms with Crippen LogP contribution >= 0.6 is 0 Å². The topological polar surface area (TPSA) is 140 Å². The molecule has 3 heterocycles. The molecule has 0 atom stereocenters. The first kappa shape index (κ1) is 38.8. The molecule has 0 saturated carbocycles. The van der Waals surface area contributed by atoms with Crippen LogP contribution in [0, 0.1) is 6.92 Å². The molecule has 12 nitrogen and oxygen atoms in total. The third kappa shape index (κ3) is 8.08. The van der Waals surface area contributed by atoms with Crippen LogP contribution in [0.4, 0.5) is 0 Å². The fourth-order valence-electron chi connectivity index (χ4n) is 7.87. The fraction of sp³-hybridized carbons (Fsp3) is 0.326. The third-order valence-corrected chi connectivity index (χ3v) is 10.5. The SMILES string of the molecule is CCOC(=O)c1c(CCCOc2cccc3ccccc23)c2cccc(-c3c(C)nn(C)c3COc3ccc(B(O)O)c(C=O)c3)c2n1CCN1CCNCC1. The molecule has 6 aromatic rings. The van der Waals surface area contributed by atoms with Gasteiger partial charge in [0.1, 0.15) is 30.1 Å². The van der Waals surface area contributed by atoms with Gasteiger partial charge in [-0.2, -0.15) is 5.10 Å². The van der Waals surface area contributed by atoms with Gasteiger partial charge in [-0.3, -0.25) is 14.4 Å². The zero-order valence-corrected chi connectivity index (χ0v) is 32.2. The molecule has 1 aliphatic heterocycles. The van der Waals surface area contributed by atoms with Crippen molar-refractivity contribution in [2.45, 2.75) is 39.8 Å². The number of aryl methyl sites for hydroxylation is 3. The molecule has 0 aliphatic carbocycles. The lowest BCUT2D eigenvalue weighted by Gasteiger charge is -2.27. The molecule has 0 bridgehead atoms. The molecule has 1 aliphatic rings. The number of esters is 1. The van der Waals surface area contributed by atoms with E-state index in [-0.39, 0.29) is 30.2 Å². The maximum absolute atomic E-state index is 14.1. The zero-order valence-electron chi connectivity index (χ0n) is 32.2. The Balaban J connectivity index is 1.28. The number of aromatic nitrogens is 3. The highest BCUT2D eigenvalue weighted by atomic mass is 16.5. The Morgan fingerprint density at radius 1 is 0.964 bits per heavy atom. The summed E-state index contributed by atoms with van der Waals surface area (Å²) in [6, 6.07) is 25.0. The number of nitrogens with one attached hydrogen (secondary N) is 1. The molecule has 1 fully saturated rings. The first-order valence-corrected chi connectivity index (χ1v) is 19.2. The molecule has 56 heavy (non-hydrogen) atoms. The van der Waals surface area contributed by atoms with Gasteiger partial charge in [-0.15, -0.1) is 0 Å². The summed E-state index contributed by atoms with van der Waals surface area (Å²) >= 11 is 0.